The van der Waals surface area contributed by atoms with Crippen molar-refractivity contribution in [3.8, 4) is 5.75 Å². The third-order valence-corrected chi connectivity index (χ3v) is 5.19. The van der Waals surface area contributed by atoms with Gasteiger partial charge in [0.25, 0.3) is 5.91 Å². The van der Waals surface area contributed by atoms with E-state index in [1.807, 2.05) is 36.9 Å². The van der Waals surface area contributed by atoms with Gasteiger partial charge in [0.2, 0.25) is 0 Å². The van der Waals surface area contributed by atoms with Crippen LogP contribution in [0, 0.1) is 19.7 Å². The molecule has 1 aliphatic heterocycles. The van der Waals surface area contributed by atoms with Crippen LogP contribution in [0.1, 0.15) is 24.5 Å². The van der Waals surface area contributed by atoms with Crippen LogP contribution in [0.3, 0.4) is 0 Å². The Morgan fingerprint density at radius 2 is 1.70 bits per heavy atom. The van der Waals surface area contributed by atoms with Crippen LogP contribution in [0.2, 0.25) is 0 Å². The Hall–Kier alpha value is -2.56. The fraction of sp³-hybridized carbons (Fsp3) is 0.409. The number of carbonyl (C=O) groups is 1. The van der Waals surface area contributed by atoms with Crippen LogP contribution < -0.4 is 9.64 Å². The summed E-state index contributed by atoms with van der Waals surface area (Å²) in [7, 11) is 0. The predicted octanol–water partition coefficient (Wildman–Crippen LogP) is 3.95. The van der Waals surface area contributed by atoms with Crippen LogP contribution in [0.4, 0.5) is 10.1 Å². The van der Waals surface area contributed by atoms with Gasteiger partial charge in [-0.1, -0.05) is 13.0 Å². The van der Waals surface area contributed by atoms with Gasteiger partial charge in [-0.2, -0.15) is 0 Å². The molecule has 1 aliphatic rings. The lowest BCUT2D eigenvalue weighted by molar-refractivity contribution is -0.139. The van der Waals surface area contributed by atoms with Gasteiger partial charge in [-0.05, 0) is 67.8 Å². The molecular formula is C22H27FN2O2. The summed E-state index contributed by atoms with van der Waals surface area (Å²) < 4.78 is 19.1. The normalized spacial score (nSPS) is 15.6. The van der Waals surface area contributed by atoms with E-state index in [1.54, 1.807) is 12.1 Å². The molecule has 3 rings (SSSR count). The first kappa shape index (κ1) is 19.2. The monoisotopic (exact) mass is 370 g/mol. The van der Waals surface area contributed by atoms with Gasteiger partial charge < -0.3 is 14.5 Å². The zero-order valence-corrected chi connectivity index (χ0v) is 16.2. The van der Waals surface area contributed by atoms with Crippen LogP contribution in [0.5, 0.6) is 5.75 Å². The fourth-order valence-corrected chi connectivity index (χ4v) is 3.30. The minimum absolute atomic E-state index is 0.0366. The molecule has 1 amide bonds. The SMILES string of the molecule is CCC(Oc1ccc(C)c(C)c1)C(=O)N1CCN(c2ccc(F)cc2)CC1. The van der Waals surface area contributed by atoms with Crippen molar-refractivity contribution in [2.45, 2.75) is 33.3 Å². The summed E-state index contributed by atoms with van der Waals surface area (Å²) >= 11 is 0. The molecule has 1 unspecified atom stereocenters. The summed E-state index contributed by atoms with van der Waals surface area (Å²) in [5, 5.41) is 0. The van der Waals surface area contributed by atoms with Gasteiger partial charge in [-0.25, -0.2) is 4.39 Å². The van der Waals surface area contributed by atoms with E-state index in [1.165, 1.54) is 17.7 Å². The Balaban J connectivity index is 1.59. The molecule has 1 fully saturated rings. The molecule has 0 N–H and O–H groups in total. The topological polar surface area (TPSA) is 32.8 Å². The highest BCUT2D eigenvalue weighted by Gasteiger charge is 2.28. The van der Waals surface area contributed by atoms with Gasteiger partial charge in [-0.3, -0.25) is 4.79 Å². The van der Waals surface area contributed by atoms with Gasteiger partial charge in [0.15, 0.2) is 6.10 Å². The number of anilines is 1. The molecule has 4 nitrogen and oxygen atoms in total. The number of benzene rings is 2. The number of nitrogens with zero attached hydrogens (tertiary/aromatic N) is 2. The maximum atomic E-state index is 13.1. The van der Waals surface area contributed by atoms with Crippen molar-refractivity contribution in [1.29, 1.82) is 0 Å². The average molecular weight is 370 g/mol. The molecule has 1 atom stereocenters. The molecule has 2 aromatic carbocycles. The first-order valence-electron chi connectivity index (χ1n) is 9.51. The highest BCUT2D eigenvalue weighted by atomic mass is 19.1. The second kappa shape index (κ2) is 8.42. The quantitative estimate of drug-likeness (QED) is 0.799. The van der Waals surface area contributed by atoms with Crippen molar-refractivity contribution >= 4 is 11.6 Å². The van der Waals surface area contributed by atoms with Crippen molar-refractivity contribution in [2.24, 2.45) is 0 Å². The first-order valence-corrected chi connectivity index (χ1v) is 9.51. The van der Waals surface area contributed by atoms with Crippen molar-refractivity contribution in [3.05, 3.63) is 59.4 Å². The standard InChI is InChI=1S/C22H27FN2O2/c1-4-21(27-20-10-5-16(2)17(3)15-20)22(26)25-13-11-24(12-14-25)19-8-6-18(23)7-9-19/h5-10,15,21H,4,11-14H2,1-3H3. The number of hydrogen-bond donors (Lipinski definition) is 0. The lowest BCUT2D eigenvalue weighted by Crippen LogP contribution is -2.52. The molecule has 0 aromatic heterocycles. The number of aryl methyl sites for hydroxylation is 2. The summed E-state index contributed by atoms with van der Waals surface area (Å²) in [6, 6.07) is 12.4. The number of rotatable bonds is 5. The highest BCUT2D eigenvalue weighted by Crippen LogP contribution is 2.21. The van der Waals surface area contributed by atoms with E-state index < -0.39 is 6.10 Å². The van der Waals surface area contributed by atoms with Crippen molar-refractivity contribution in [2.75, 3.05) is 31.1 Å². The second-order valence-corrected chi connectivity index (χ2v) is 7.05. The molecule has 0 bridgehead atoms. The Morgan fingerprint density at radius 3 is 2.30 bits per heavy atom. The molecular weight excluding hydrogens is 343 g/mol. The molecule has 0 saturated carbocycles. The first-order chi connectivity index (χ1) is 13.0. The largest absolute Gasteiger partial charge is 0.481 e. The van der Waals surface area contributed by atoms with E-state index in [0.29, 0.717) is 19.5 Å². The summed E-state index contributed by atoms with van der Waals surface area (Å²) in [5.41, 5.74) is 3.35. The van der Waals surface area contributed by atoms with E-state index in [2.05, 4.69) is 11.8 Å². The lowest BCUT2D eigenvalue weighted by atomic mass is 10.1. The van der Waals surface area contributed by atoms with Crippen LogP contribution in [0.15, 0.2) is 42.5 Å². The van der Waals surface area contributed by atoms with Crippen LogP contribution in [-0.2, 0) is 4.79 Å². The number of amides is 1. The summed E-state index contributed by atoms with van der Waals surface area (Å²) in [6.45, 7) is 8.82. The number of piperazine rings is 1. The van der Waals surface area contributed by atoms with Gasteiger partial charge in [0.1, 0.15) is 11.6 Å². The minimum Gasteiger partial charge on any atom is -0.481 e. The van der Waals surface area contributed by atoms with Gasteiger partial charge in [0, 0.05) is 31.9 Å². The Bertz CT molecular complexity index is 783. The smallest absolute Gasteiger partial charge is 0.263 e. The summed E-state index contributed by atoms with van der Waals surface area (Å²) in [6.07, 6.45) is 0.161. The van der Waals surface area contributed by atoms with Crippen LogP contribution in [-0.4, -0.2) is 43.1 Å². The Labute approximate surface area is 160 Å². The number of ether oxygens (including phenoxy) is 1. The van der Waals surface area contributed by atoms with E-state index in [9.17, 15) is 9.18 Å². The number of halogens is 1. The van der Waals surface area contributed by atoms with Crippen molar-refractivity contribution in [3.63, 3.8) is 0 Å². The molecule has 1 saturated heterocycles. The Kier molecular flexibility index (Phi) is 5.99. The van der Waals surface area contributed by atoms with Gasteiger partial charge in [-0.15, -0.1) is 0 Å². The van der Waals surface area contributed by atoms with Gasteiger partial charge in [0.05, 0.1) is 0 Å². The molecule has 0 spiro atoms. The minimum atomic E-state index is -0.468. The maximum absolute atomic E-state index is 13.1. The predicted molar refractivity (Wildman–Crippen MR) is 106 cm³/mol. The summed E-state index contributed by atoms with van der Waals surface area (Å²) in [4.78, 5) is 17.0. The average Bonchev–Trinajstić information content (AvgIpc) is 2.69. The van der Waals surface area contributed by atoms with E-state index in [-0.39, 0.29) is 11.7 Å². The fourth-order valence-electron chi connectivity index (χ4n) is 3.30. The zero-order valence-electron chi connectivity index (χ0n) is 16.2. The van der Waals surface area contributed by atoms with E-state index >= 15 is 0 Å². The van der Waals surface area contributed by atoms with Gasteiger partial charge >= 0.3 is 0 Å². The molecule has 27 heavy (non-hydrogen) atoms. The maximum Gasteiger partial charge on any atom is 0.263 e. The zero-order chi connectivity index (χ0) is 19.4. The molecule has 0 radical (unpaired) electrons. The van der Waals surface area contributed by atoms with E-state index in [0.717, 1.165) is 30.1 Å². The third kappa shape index (κ3) is 4.59. The number of hydrogen-bond acceptors (Lipinski definition) is 3. The second-order valence-electron chi connectivity index (χ2n) is 7.05. The lowest BCUT2D eigenvalue weighted by Gasteiger charge is -2.37. The van der Waals surface area contributed by atoms with Crippen molar-refractivity contribution < 1.29 is 13.9 Å². The van der Waals surface area contributed by atoms with Crippen molar-refractivity contribution in [1.82, 2.24) is 4.90 Å². The Morgan fingerprint density at radius 1 is 1.04 bits per heavy atom. The molecule has 144 valence electrons. The van der Waals surface area contributed by atoms with E-state index in [4.69, 9.17) is 4.74 Å². The molecule has 1 heterocycles. The highest BCUT2D eigenvalue weighted by molar-refractivity contribution is 5.81. The van der Waals surface area contributed by atoms with Crippen LogP contribution >= 0.6 is 0 Å². The van der Waals surface area contributed by atoms with Crippen LogP contribution in [0.25, 0.3) is 0 Å². The third-order valence-electron chi connectivity index (χ3n) is 5.19. The molecule has 0 aliphatic carbocycles. The summed E-state index contributed by atoms with van der Waals surface area (Å²) in [5.74, 6) is 0.541. The number of carbonyl (C=O) groups excluding carboxylic acids is 1. The molecule has 5 heteroatoms. The molecule has 2 aromatic rings.